The van der Waals surface area contributed by atoms with E-state index in [0.717, 1.165) is 37.1 Å². The molecule has 1 saturated heterocycles. The van der Waals surface area contributed by atoms with Gasteiger partial charge < -0.3 is 9.42 Å². The molecule has 5 nitrogen and oxygen atoms in total. The van der Waals surface area contributed by atoms with Gasteiger partial charge >= 0.3 is 0 Å². The van der Waals surface area contributed by atoms with E-state index in [1.807, 2.05) is 59.5 Å². The molecule has 3 aromatic rings. The van der Waals surface area contributed by atoms with Gasteiger partial charge in [0.1, 0.15) is 0 Å². The largest absolute Gasteiger partial charge is 0.339 e. The zero-order valence-electron chi connectivity index (χ0n) is 13.2. The number of aromatic nitrogens is 2. The van der Waals surface area contributed by atoms with Crippen molar-refractivity contribution < 1.29 is 9.32 Å². The first-order chi connectivity index (χ1) is 11.8. The van der Waals surface area contributed by atoms with Gasteiger partial charge in [-0.25, -0.2) is 0 Å². The quantitative estimate of drug-likeness (QED) is 0.739. The van der Waals surface area contributed by atoms with Crippen molar-refractivity contribution in [3.63, 3.8) is 0 Å². The molecular formula is C19H17N3O2. The second-order valence-corrected chi connectivity index (χ2v) is 5.87. The van der Waals surface area contributed by atoms with E-state index in [0.29, 0.717) is 17.3 Å². The first-order valence-electron chi connectivity index (χ1n) is 8.10. The van der Waals surface area contributed by atoms with E-state index >= 15 is 0 Å². The van der Waals surface area contributed by atoms with Crippen molar-refractivity contribution in [1.82, 2.24) is 15.0 Å². The maximum absolute atomic E-state index is 12.5. The van der Waals surface area contributed by atoms with E-state index in [1.54, 1.807) is 0 Å². The third kappa shape index (κ3) is 2.80. The van der Waals surface area contributed by atoms with Gasteiger partial charge in [-0.2, -0.15) is 4.98 Å². The molecule has 5 heteroatoms. The summed E-state index contributed by atoms with van der Waals surface area (Å²) in [4.78, 5) is 18.9. The highest BCUT2D eigenvalue weighted by molar-refractivity contribution is 5.95. The molecule has 24 heavy (non-hydrogen) atoms. The molecule has 1 amide bonds. The average molecular weight is 319 g/mol. The molecule has 0 aliphatic carbocycles. The van der Waals surface area contributed by atoms with Crippen molar-refractivity contribution >= 4 is 5.91 Å². The molecule has 1 fully saturated rings. The van der Waals surface area contributed by atoms with Crippen LogP contribution in [0.3, 0.4) is 0 Å². The summed E-state index contributed by atoms with van der Waals surface area (Å²) in [6.45, 7) is 1.67. The lowest BCUT2D eigenvalue weighted by atomic mass is 10.1. The fraction of sp³-hybridized carbons (Fsp3) is 0.211. The standard InChI is InChI=1S/C19H17N3O2/c23-19(22-11-4-5-12-22)16-10-6-9-15(13-16)17-20-18(24-21-17)14-7-2-1-3-8-14/h1-3,6-10,13H,4-5,11-12H2. The molecular weight excluding hydrogens is 302 g/mol. The molecule has 0 saturated carbocycles. The van der Waals surface area contributed by atoms with Crippen molar-refractivity contribution in [2.75, 3.05) is 13.1 Å². The molecule has 0 atom stereocenters. The monoisotopic (exact) mass is 319 g/mol. The number of likely N-dealkylation sites (tertiary alicyclic amines) is 1. The predicted octanol–water partition coefficient (Wildman–Crippen LogP) is 3.64. The highest BCUT2D eigenvalue weighted by Gasteiger charge is 2.20. The Morgan fingerprint density at radius 1 is 0.958 bits per heavy atom. The van der Waals surface area contributed by atoms with Gasteiger partial charge in [0.25, 0.3) is 11.8 Å². The van der Waals surface area contributed by atoms with Crippen LogP contribution in [0.4, 0.5) is 0 Å². The zero-order valence-corrected chi connectivity index (χ0v) is 13.2. The van der Waals surface area contributed by atoms with Crippen LogP contribution in [-0.4, -0.2) is 34.0 Å². The van der Waals surface area contributed by atoms with Crippen LogP contribution in [0.15, 0.2) is 59.1 Å². The third-order valence-corrected chi connectivity index (χ3v) is 4.21. The predicted molar refractivity (Wildman–Crippen MR) is 90.3 cm³/mol. The summed E-state index contributed by atoms with van der Waals surface area (Å²) in [5, 5.41) is 4.05. The first kappa shape index (κ1) is 14.6. The maximum atomic E-state index is 12.5. The minimum Gasteiger partial charge on any atom is -0.339 e. The summed E-state index contributed by atoms with van der Waals surface area (Å²) in [6.07, 6.45) is 2.16. The summed E-state index contributed by atoms with van der Waals surface area (Å²) < 4.78 is 5.35. The molecule has 0 N–H and O–H groups in total. The molecule has 0 bridgehead atoms. The zero-order chi connectivity index (χ0) is 16.4. The van der Waals surface area contributed by atoms with Crippen LogP contribution >= 0.6 is 0 Å². The molecule has 0 radical (unpaired) electrons. The summed E-state index contributed by atoms with van der Waals surface area (Å²) in [7, 11) is 0. The van der Waals surface area contributed by atoms with Crippen LogP contribution in [0.25, 0.3) is 22.8 Å². The Morgan fingerprint density at radius 2 is 1.71 bits per heavy atom. The van der Waals surface area contributed by atoms with E-state index in [2.05, 4.69) is 10.1 Å². The summed E-state index contributed by atoms with van der Waals surface area (Å²) in [5.74, 6) is 1.04. The van der Waals surface area contributed by atoms with Gasteiger partial charge in [-0.3, -0.25) is 4.79 Å². The summed E-state index contributed by atoms with van der Waals surface area (Å²) >= 11 is 0. The van der Waals surface area contributed by atoms with Crippen molar-refractivity contribution in [3.05, 3.63) is 60.2 Å². The number of benzene rings is 2. The van der Waals surface area contributed by atoms with Gasteiger partial charge in [0.15, 0.2) is 0 Å². The fourth-order valence-electron chi connectivity index (χ4n) is 2.93. The number of rotatable bonds is 3. The van der Waals surface area contributed by atoms with Gasteiger partial charge in [-0.05, 0) is 37.1 Å². The van der Waals surface area contributed by atoms with Crippen LogP contribution < -0.4 is 0 Å². The van der Waals surface area contributed by atoms with E-state index in [1.165, 1.54) is 0 Å². The van der Waals surface area contributed by atoms with Gasteiger partial charge in [0.2, 0.25) is 5.82 Å². The SMILES string of the molecule is O=C(c1cccc(-c2noc(-c3ccccc3)n2)c1)N1CCCC1. The second-order valence-electron chi connectivity index (χ2n) is 5.87. The molecule has 1 aromatic heterocycles. The summed E-state index contributed by atoms with van der Waals surface area (Å²) in [5.41, 5.74) is 2.33. The highest BCUT2D eigenvalue weighted by Crippen LogP contribution is 2.23. The number of amides is 1. The van der Waals surface area contributed by atoms with Crippen LogP contribution in [0.5, 0.6) is 0 Å². The number of hydrogen-bond acceptors (Lipinski definition) is 4. The normalized spacial score (nSPS) is 14.1. The minimum absolute atomic E-state index is 0.0705. The molecule has 4 rings (SSSR count). The lowest BCUT2D eigenvalue weighted by Crippen LogP contribution is -2.27. The second kappa shape index (κ2) is 6.28. The van der Waals surface area contributed by atoms with E-state index < -0.39 is 0 Å². The Bertz CT molecular complexity index is 852. The van der Waals surface area contributed by atoms with Crippen LogP contribution in [0.2, 0.25) is 0 Å². The van der Waals surface area contributed by atoms with Crippen molar-refractivity contribution in [2.45, 2.75) is 12.8 Å². The number of carbonyl (C=O) groups excluding carboxylic acids is 1. The van der Waals surface area contributed by atoms with Gasteiger partial charge in [0.05, 0.1) is 0 Å². The third-order valence-electron chi connectivity index (χ3n) is 4.21. The lowest BCUT2D eigenvalue weighted by Gasteiger charge is -2.15. The molecule has 2 aromatic carbocycles. The van der Waals surface area contributed by atoms with E-state index in [9.17, 15) is 4.79 Å². The Balaban J connectivity index is 1.62. The van der Waals surface area contributed by atoms with Crippen molar-refractivity contribution in [1.29, 1.82) is 0 Å². The Hall–Kier alpha value is -2.95. The summed E-state index contributed by atoms with van der Waals surface area (Å²) in [6, 6.07) is 17.0. The van der Waals surface area contributed by atoms with Crippen LogP contribution in [-0.2, 0) is 0 Å². The number of nitrogens with zero attached hydrogens (tertiary/aromatic N) is 3. The van der Waals surface area contributed by atoms with Gasteiger partial charge in [-0.15, -0.1) is 0 Å². The maximum Gasteiger partial charge on any atom is 0.258 e. The molecule has 1 aliphatic heterocycles. The smallest absolute Gasteiger partial charge is 0.258 e. The Kier molecular flexibility index (Phi) is 3.83. The molecule has 2 heterocycles. The Morgan fingerprint density at radius 3 is 2.50 bits per heavy atom. The van der Waals surface area contributed by atoms with Crippen LogP contribution in [0, 0.1) is 0 Å². The van der Waals surface area contributed by atoms with Crippen molar-refractivity contribution in [2.24, 2.45) is 0 Å². The highest BCUT2D eigenvalue weighted by atomic mass is 16.5. The van der Waals surface area contributed by atoms with Crippen molar-refractivity contribution in [3.8, 4) is 22.8 Å². The van der Waals surface area contributed by atoms with E-state index in [-0.39, 0.29) is 5.91 Å². The topological polar surface area (TPSA) is 59.2 Å². The molecule has 0 unspecified atom stereocenters. The number of hydrogen-bond donors (Lipinski definition) is 0. The molecule has 120 valence electrons. The fourth-order valence-corrected chi connectivity index (χ4v) is 2.93. The molecule has 0 spiro atoms. The molecule has 1 aliphatic rings. The first-order valence-corrected chi connectivity index (χ1v) is 8.10. The minimum atomic E-state index is 0.0705. The lowest BCUT2D eigenvalue weighted by molar-refractivity contribution is 0.0793. The van der Waals surface area contributed by atoms with Gasteiger partial charge in [-0.1, -0.05) is 35.5 Å². The van der Waals surface area contributed by atoms with E-state index in [4.69, 9.17) is 4.52 Å². The van der Waals surface area contributed by atoms with Gasteiger partial charge in [0, 0.05) is 29.8 Å². The Labute approximate surface area is 139 Å². The van der Waals surface area contributed by atoms with Crippen LogP contribution in [0.1, 0.15) is 23.2 Å². The average Bonchev–Trinajstić information content (AvgIpc) is 3.34. The number of carbonyl (C=O) groups is 1.